The Morgan fingerprint density at radius 2 is 2.33 bits per heavy atom. The molecule has 0 saturated heterocycles. The third kappa shape index (κ3) is 1.64. The van der Waals surface area contributed by atoms with Gasteiger partial charge in [0.25, 0.3) is 0 Å². The summed E-state index contributed by atoms with van der Waals surface area (Å²) in [5.74, 6) is -0.633. The topological polar surface area (TPSA) is 94.0 Å². The Hall–Kier alpha value is -2.37. The largest absolute Gasteiger partial charge is 0.478 e. The molecule has 0 bridgehead atoms. The van der Waals surface area contributed by atoms with Crippen LogP contribution < -0.4 is 5.73 Å². The third-order valence-corrected chi connectivity index (χ3v) is 1.86. The van der Waals surface area contributed by atoms with Crippen LogP contribution in [0.15, 0.2) is 30.7 Å². The lowest BCUT2D eigenvalue weighted by Gasteiger charge is -2.04. The number of hydrogen-bond donors (Lipinski definition) is 2. The average molecular weight is 204 g/mol. The van der Waals surface area contributed by atoms with E-state index >= 15 is 0 Å². The number of nitrogen functional groups attached to an aromatic ring is 1. The zero-order chi connectivity index (χ0) is 10.8. The normalized spacial score (nSPS) is 10.1. The predicted octanol–water partition coefficient (Wildman–Crippen LogP) is 0.548. The summed E-state index contributed by atoms with van der Waals surface area (Å²) in [6, 6.07) is 3.08. The van der Waals surface area contributed by atoms with Crippen LogP contribution in [0.1, 0.15) is 10.4 Å². The van der Waals surface area contributed by atoms with Gasteiger partial charge in [-0.1, -0.05) is 0 Å². The highest BCUT2D eigenvalue weighted by molar-refractivity contribution is 5.88. The van der Waals surface area contributed by atoms with Crippen LogP contribution in [-0.2, 0) is 0 Å². The second-order valence-electron chi connectivity index (χ2n) is 2.89. The number of aromatic nitrogens is 3. The lowest BCUT2D eigenvalue weighted by molar-refractivity contribution is 0.0696. The van der Waals surface area contributed by atoms with Crippen molar-refractivity contribution in [2.45, 2.75) is 0 Å². The SMILES string of the molecule is Nc1cc(C(=O)O)cnc1-n1cccn1. The Morgan fingerprint density at radius 3 is 2.87 bits per heavy atom. The number of aromatic carboxylic acids is 1. The molecule has 15 heavy (non-hydrogen) atoms. The van der Waals surface area contributed by atoms with E-state index < -0.39 is 5.97 Å². The van der Waals surface area contributed by atoms with Crippen molar-refractivity contribution in [1.82, 2.24) is 14.8 Å². The lowest BCUT2D eigenvalue weighted by Crippen LogP contribution is -2.06. The molecule has 0 aliphatic heterocycles. The molecule has 2 rings (SSSR count). The van der Waals surface area contributed by atoms with Gasteiger partial charge in [0.05, 0.1) is 11.3 Å². The van der Waals surface area contributed by atoms with Crippen molar-refractivity contribution in [3.8, 4) is 5.82 Å². The fourth-order valence-corrected chi connectivity index (χ4v) is 1.18. The molecule has 6 nitrogen and oxygen atoms in total. The van der Waals surface area contributed by atoms with Crippen LogP contribution in [0.25, 0.3) is 5.82 Å². The average Bonchev–Trinajstić information content (AvgIpc) is 2.70. The molecule has 0 spiro atoms. The first-order valence-corrected chi connectivity index (χ1v) is 4.17. The van der Waals surface area contributed by atoms with E-state index in [0.29, 0.717) is 5.82 Å². The second kappa shape index (κ2) is 3.41. The first-order chi connectivity index (χ1) is 7.18. The van der Waals surface area contributed by atoms with E-state index in [1.54, 1.807) is 18.5 Å². The summed E-state index contributed by atoms with van der Waals surface area (Å²) in [7, 11) is 0. The smallest absolute Gasteiger partial charge is 0.337 e. The van der Waals surface area contributed by atoms with Crippen LogP contribution in [0.3, 0.4) is 0 Å². The minimum absolute atomic E-state index is 0.0587. The summed E-state index contributed by atoms with van der Waals surface area (Å²) in [5.41, 5.74) is 6.00. The van der Waals surface area contributed by atoms with Crippen LogP contribution in [0.4, 0.5) is 5.69 Å². The number of nitrogens with zero attached hydrogens (tertiary/aromatic N) is 3. The number of nitrogens with two attached hydrogens (primary N) is 1. The molecule has 2 aromatic heterocycles. The number of anilines is 1. The maximum Gasteiger partial charge on any atom is 0.337 e. The van der Waals surface area contributed by atoms with Crippen molar-refractivity contribution in [3.63, 3.8) is 0 Å². The number of carboxylic acid groups (broad SMARTS) is 1. The molecule has 0 fully saturated rings. The first kappa shape index (κ1) is 9.20. The molecular weight excluding hydrogens is 196 g/mol. The standard InChI is InChI=1S/C9H8N4O2/c10-7-4-6(9(14)15)5-11-8(7)13-3-1-2-12-13/h1-5H,10H2,(H,14,15). The fraction of sp³-hybridized carbons (Fsp3) is 0. The monoisotopic (exact) mass is 204 g/mol. The molecule has 0 atom stereocenters. The highest BCUT2D eigenvalue weighted by Gasteiger charge is 2.08. The third-order valence-electron chi connectivity index (χ3n) is 1.86. The van der Waals surface area contributed by atoms with Gasteiger partial charge < -0.3 is 10.8 Å². The van der Waals surface area contributed by atoms with Gasteiger partial charge in [-0.05, 0) is 12.1 Å². The minimum atomic E-state index is -1.05. The summed E-state index contributed by atoms with van der Waals surface area (Å²) in [4.78, 5) is 14.6. The Kier molecular flexibility index (Phi) is 2.09. The Bertz CT molecular complexity index is 493. The van der Waals surface area contributed by atoms with Gasteiger partial charge in [0, 0.05) is 18.6 Å². The van der Waals surface area contributed by atoms with Gasteiger partial charge in [0.2, 0.25) is 0 Å². The molecule has 0 unspecified atom stereocenters. The lowest BCUT2D eigenvalue weighted by atomic mass is 10.2. The highest BCUT2D eigenvalue weighted by Crippen LogP contribution is 2.14. The van der Waals surface area contributed by atoms with E-state index in [-0.39, 0.29) is 11.3 Å². The number of hydrogen-bond acceptors (Lipinski definition) is 4. The molecule has 2 aromatic rings. The van der Waals surface area contributed by atoms with Gasteiger partial charge in [-0.25, -0.2) is 14.5 Å². The van der Waals surface area contributed by atoms with Crippen LogP contribution in [0, 0.1) is 0 Å². The van der Waals surface area contributed by atoms with E-state index in [4.69, 9.17) is 10.8 Å². The van der Waals surface area contributed by atoms with Crippen molar-refractivity contribution in [2.24, 2.45) is 0 Å². The summed E-state index contributed by atoms with van der Waals surface area (Å²) in [6.45, 7) is 0. The molecule has 0 amide bonds. The number of carbonyl (C=O) groups is 1. The molecule has 3 N–H and O–H groups in total. The van der Waals surface area contributed by atoms with E-state index in [1.807, 2.05) is 0 Å². The van der Waals surface area contributed by atoms with Gasteiger partial charge in [-0.2, -0.15) is 5.10 Å². The van der Waals surface area contributed by atoms with Gasteiger partial charge in [0.15, 0.2) is 5.82 Å². The van der Waals surface area contributed by atoms with Crippen molar-refractivity contribution in [3.05, 3.63) is 36.3 Å². The number of rotatable bonds is 2. The van der Waals surface area contributed by atoms with Crippen LogP contribution in [0.5, 0.6) is 0 Å². The van der Waals surface area contributed by atoms with Gasteiger partial charge >= 0.3 is 5.97 Å². The van der Waals surface area contributed by atoms with E-state index in [9.17, 15) is 4.79 Å². The molecule has 0 aliphatic carbocycles. The zero-order valence-electron chi connectivity index (χ0n) is 7.66. The molecule has 0 saturated carbocycles. The van der Waals surface area contributed by atoms with Crippen LogP contribution in [0.2, 0.25) is 0 Å². The van der Waals surface area contributed by atoms with E-state index in [1.165, 1.54) is 16.9 Å². The number of pyridine rings is 1. The summed E-state index contributed by atoms with van der Waals surface area (Å²) in [5, 5.41) is 12.7. The maximum absolute atomic E-state index is 10.6. The van der Waals surface area contributed by atoms with Crippen molar-refractivity contribution in [1.29, 1.82) is 0 Å². The summed E-state index contributed by atoms with van der Waals surface area (Å²) in [6.07, 6.45) is 4.51. The highest BCUT2D eigenvalue weighted by atomic mass is 16.4. The van der Waals surface area contributed by atoms with Gasteiger partial charge in [0.1, 0.15) is 0 Å². The van der Waals surface area contributed by atoms with E-state index in [0.717, 1.165) is 0 Å². The quantitative estimate of drug-likeness (QED) is 0.744. The summed E-state index contributed by atoms with van der Waals surface area (Å²) >= 11 is 0. The summed E-state index contributed by atoms with van der Waals surface area (Å²) < 4.78 is 1.47. The van der Waals surface area contributed by atoms with Crippen molar-refractivity contribution >= 4 is 11.7 Å². The molecule has 0 radical (unpaired) electrons. The molecule has 76 valence electrons. The van der Waals surface area contributed by atoms with Crippen molar-refractivity contribution < 1.29 is 9.90 Å². The molecule has 0 aromatic carbocycles. The molecule has 0 aliphatic rings. The fourth-order valence-electron chi connectivity index (χ4n) is 1.18. The minimum Gasteiger partial charge on any atom is -0.478 e. The number of carboxylic acids is 1. The predicted molar refractivity (Wildman–Crippen MR) is 52.7 cm³/mol. The Balaban J connectivity index is 2.48. The molecule has 6 heteroatoms. The van der Waals surface area contributed by atoms with Gasteiger partial charge in [-0.15, -0.1) is 0 Å². The Morgan fingerprint density at radius 1 is 1.53 bits per heavy atom. The second-order valence-corrected chi connectivity index (χ2v) is 2.89. The molecule has 2 heterocycles. The van der Waals surface area contributed by atoms with Crippen LogP contribution in [-0.4, -0.2) is 25.8 Å². The van der Waals surface area contributed by atoms with Crippen molar-refractivity contribution in [2.75, 3.05) is 5.73 Å². The maximum atomic E-state index is 10.6. The first-order valence-electron chi connectivity index (χ1n) is 4.17. The van der Waals surface area contributed by atoms with Gasteiger partial charge in [-0.3, -0.25) is 0 Å². The zero-order valence-corrected chi connectivity index (χ0v) is 7.66. The molecular formula is C9H8N4O2. The van der Waals surface area contributed by atoms with E-state index in [2.05, 4.69) is 10.1 Å². The van der Waals surface area contributed by atoms with Crippen LogP contribution >= 0.6 is 0 Å². The Labute approximate surface area is 85.0 Å².